The third-order valence-electron chi connectivity index (χ3n) is 3.39. The molecule has 1 aliphatic heterocycles. The molecule has 0 fully saturated rings. The van der Waals surface area contributed by atoms with E-state index < -0.39 is 6.09 Å². The summed E-state index contributed by atoms with van der Waals surface area (Å²) in [5, 5.41) is 19.7. The Kier molecular flexibility index (Phi) is 7.95. The molecule has 7 heteroatoms. The smallest absolute Gasteiger partial charge is 0.146 e. The largest absolute Gasteiger partial charge is 0.529 e. The van der Waals surface area contributed by atoms with Crippen LogP contribution < -0.4 is 10.0 Å². The molecular weight excluding hydrogens is 404 g/mol. The van der Waals surface area contributed by atoms with Crippen molar-refractivity contribution in [2.75, 3.05) is 39.2 Å². The van der Waals surface area contributed by atoms with Crippen molar-refractivity contribution in [1.29, 1.82) is 0 Å². The Morgan fingerprint density at radius 1 is 1.04 bits per heavy atom. The van der Waals surface area contributed by atoms with Gasteiger partial charge in [0.05, 0.1) is 39.1 Å². The predicted octanol–water partition coefficient (Wildman–Crippen LogP) is 2.90. The monoisotopic (exact) mass is 426 g/mol. The van der Waals surface area contributed by atoms with Crippen LogP contribution >= 0.6 is 28.7 Å². The summed E-state index contributed by atoms with van der Waals surface area (Å²) in [5.41, 5.74) is 1.33. The number of anilines is 2. The lowest BCUT2D eigenvalue weighted by molar-refractivity contribution is -0.870. The maximum atomic E-state index is 11.3. The van der Waals surface area contributed by atoms with E-state index in [-0.39, 0.29) is 23.6 Å². The number of aliphatic hydroxyl groups excluding tert-OH is 1. The number of carbonyl (C=O) groups is 1. The van der Waals surface area contributed by atoms with Gasteiger partial charge in [0, 0.05) is 9.79 Å². The minimum Gasteiger partial charge on any atom is -0.529 e. The highest BCUT2D eigenvalue weighted by atomic mass is 79.9. The van der Waals surface area contributed by atoms with Crippen molar-refractivity contribution >= 4 is 46.2 Å². The summed E-state index contributed by atoms with van der Waals surface area (Å²) in [4.78, 5) is 14.4. The van der Waals surface area contributed by atoms with Crippen LogP contribution in [0.1, 0.15) is 0 Å². The number of halogens is 1. The second kappa shape index (κ2) is 9.24. The van der Waals surface area contributed by atoms with Crippen LogP contribution in [0.3, 0.4) is 0 Å². The molecule has 136 valence electrons. The third kappa shape index (κ3) is 5.74. The zero-order valence-electron chi connectivity index (χ0n) is 14.5. The number of hydrogen-bond acceptors (Lipinski definition) is 4. The zero-order chi connectivity index (χ0) is 17.7. The van der Waals surface area contributed by atoms with Gasteiger partial charge in [0.25, 0.3) is 0 Å². The topological polar surface area (TPSA) is 63.6 Å². The zero-order valence-corrected chi connectivity index (χ0v) is 17.0. The summed E-state index contributed by atoms with van der Waals surface area (Å²) in [6.07, 6.45) is -1.20. The van der Waals surface area contributed by atoms with Crippen molar-refractivity contribution in [3.05, 3.63) is 48.5 Å². The molecule has 0 spiro atoms. The fraction of sp³-hybridized carbons (Fsp3) is 0.278. The van der Waals surface area contributed by atoms with Crippen molar-refractivity contribution in [2.45, 2.75) is 9.79 Å². The lowest BCUT2D eigenvalue weighted by Gasteiger charge is -2.32. The molecule has 0 saturated carbocycles. The number of benzene rings is 2. The Balaban J connectivity index is 0.000000339. The van der Waals surface area contributed by atoms with Crippen LogP contribution in [0.5, 0.6) is 0 Å². The fourth-order valence-corrected chi connectivity index (χ4v) is 3.26. The molecule has 25 heavy (non-hydrogen) atoms. The molecule has 0 saturated heterocycles. The van der Waals surface area contributed by atoms with Crippen LogP contribution in [0.15, 0.2) is 58.3 Å². The van der Waals surface area contributed by atoms with Gasteiger partial charge in [-0.25, -0.2) is 0 Å². The summed E-state index contributed by atoms with van der Waals surface area (Å²) in [7, 11) is 6.16. The SMILES string of the molecule is Br.C[N+](C)(C)CCO.O=C([O-])N1c2ccccc2Sc2ccccc21. The summed E-state index contributed by atoms with van der Waals surface area (Å²) in [6.45, 7) is 1.11. The van der Waals surface area contributed by atoms with E-state index in [0.717, 1.165) is 20.8 Å². The van der Waals surface area contributed by atoms with Crippen LogP contribution in [0.25, 0.3) is 0 Å². The number of para-hydroxylation sites is 2. The second-order valence-electron chi connectivity index (χ2n) is 6.38. The first kappa shape index (κ1) is 21.5. The van der Waals surface area contributed by atoms with Gasteiger partial charge in [-0.3, -0.25) is 4.90 Å². The van der Waals surface area contributed by atoms with Crippen molar-refractivity contribution in [1.82, 2.24) is 0 Å². The second-order valence-corrected chi connectivity index (χ2v) is 7.46. The predicted molar refractivity (Wildman–Crippen MR) is 105 cm³/mol. The number of fused-ring (bicyclic) bond motifs is 2. The molecule has 2 aromatic rings. The first-order valence-electron chi connectivity index (χ1n) is 7.62. The number of hydrogen-bond donors (Lipinski definition) is 1. The van der Waals surface area contributed by atoms with Crippen molar-refractivity contribution in [3.63, 3.8) is 0 Å². The van der Waals surface area contributed by atoms with Crippen LogP contribution in [-0.2, 0) is 0 Å². The maximum absolute atomic E-state index is 11.3. The molecule has 0 aromatic heterocycles. The Hall–Kier alpha value is -1.54. The average Bonchev–Trinajstić information content (AvgIpc) is 2.51. The molecular formula is C18H23BrN2O3S. The van der Waals surface area contributed by atoms with Crippen LogP contribution in [0.2, 0.25) is 0 Å². The quantitative estimate of drug-likeness (QED) is 0.749. The first-order valence-corrected chi connectivity index (χ1v) is 8.43. The van der Waals surface area contributed by atoms with E-state index in [1.54, 1.807) is 23.9 Å². The average molecular weight is 427 g/mol. The molecule has 3 rings (SSSR count). The molecule has 1 N–H and O–H groups in total. The molecule has 0 radical (unpaired) electrons. The summed E-state index contributed by atoms with van der Waals surface area (Å²) >= 11 is 1.57. The lowest BCUT2D eigenvalue weighted by Crippen LogP contribution is -2.39. The summed E-state index contributed by atoms with van der Waals surface area (Å²) < 4.78 is 0.844. The van der Waals surface area contributed by atoms with Gasteiger partial charge in [0.15, 0.2) is 0 Å². The van der Waals surface area contributed by atoms with E-state index >= 15 is 0 Å². The number of nitrogens with zero attached hydrogens (tertiary/aromatic N) is 2. The fourth-order valence-electron chi connectivity index (χ4n) is 2.20. The summed E-state index contributed by atoms with van der Waals surface area (Å²) in [5.74, 6) is 0. The van der Waals surface area contributed by atoms with E-state index in [2.05, 4.69) is 21.1 Å². The lowest BCUT2D eigenvalue weighted by atomic mass is 10.2. The highest BCUT2D eigenvalue weighted by Crippen LogP contribution is 2.47. The number of amides is 1. The Bertz CT molecular complexity index is 674. The van der Waals surface area contributed by atoms with E-state index in [1.165, 1.54) is 4.90 Å². The van der Waals surface area contributed by atoms with E-state index in [1.807, 2.05) is 36.4 Å². The molecule has 2 aromatic carbocycles. The first-order chi connectivity index (χ1) is 11.3. The minimum absolute atomic E-state index is 0. The standard InChI is InChI=1S/C13H9NO2S.C5H14NO.BrH/c15-13(16)14-9-5-1-3-7-11(9)17-12-8-4-2-6-10(12)14;1-6(2,3)4-5-7;/h1-8H,(H,15,16);7H,4-5H2,1-3H3;1H/q;+1;/p-1. The van der Waals surface area contributed by atoms with E-state index in [9.17, 15) is 9.90 Å². The molecule has 1 amide bonds. The maximum Gasteiger partial charge on any atom is 0.146 e. The van der Waals surface area contributed by atoms with Crippen LogP contribution in [0, 0.1) is 0 Å². The van der Waals surface area contributed by atoms with Crippen molar-refractivity contribution in [3.8, 4) is 0 Å². The molecule has 0 unspecified atom stereocenters. The third-order valence-corrected chi connectivity index (χ3v) is 4.52. The van der Waals surface area contributed by atoms with Gasteiger partial charge in [0.2, 0.25) is 0 Å². The van der Waals surface area contributed by atoms with Gasteiger partial charge < -0.3 is 19.5 Å². The summed E-state index contributed by atoms with van der Waals surface area (Å²) in [6, 6.07) is 14.8. The number of likely N-dealkylation sites (N-methyl/N-ethyl adjacent to an activating group) is 1. The van der Waals surface area contributed by atoms with Crippen LogP contribution in [0.4, 0.5) is 16.2 Å². The molecule has 1 heterocycles. The number of carboxylic acid groups (broad SMARTS) is 1. The van der Waals surface area contributed by atoms with E-state index in [0.29, 0.717) is 11.4 Å². The number of quaternary nitrogens is 1. The van der Waals surface area contributed by atoms with E-state index in [4.69, 9.17) is 5.11 Å². The van der Waals surface area contributed by atoms with Gasteiger partial charge >= 0.3 is 0 Å². The number of aliphatic hydroxyl groups is 1. The molecule has 1 aliphatic rings. The molecule has 5 nitrogen and oxygen atoms in total. The Morgan fingerprint density at radius 3 is 1.80 bits per heavy atom. The number of rotatable bonds is 2. The van der Waals surface area contributed by atoms with Crippen molar-refractivity contribution in [2.24, 2.45) is 0 Å². The van der Waals surface area contributed by atoms with Gasteiger partial charge in [0.1, 0.15) is 12.6 Å². The van der Waals surface area contributed by atoms with Gasteiger partial charge in [-0.15, -0.1) is 17.0 Å². The van der Waals surface area contributed by atoms with Crippen molar-refractivity contribution < 1.29 is 19.5 Å². The highest BCUT2D eigenvalue weighted by Gasteiger charge is 2.23. The normalized spacial score (nSPS) is 12.1. The molecule has 0 bridgehead atoms. The molecule has 0 atom stereocenters. The number of carbonyl (C=O) groups excluding carboxylic acids is 1. The molecule has 0 aliphatic carbocycles. The Labute approximate surface area is 163 Å². The minimum atomic E-state index is -1.20. The van der Waals surface area contributed by atoms with Gasteiger partial charge in [-0.2, -0.15) is 0 Å². The van der Waals surface area contributed by atoms with Crippen LogP contribution in [-0.4, -0.2) is 50.0 Å². The Morgan fingerprint density at radius 2 is 1.48 bits per heavy atom. The van der Waals surface area contributed by atoms with Gasteiger partial charge in [-0.05, 0) is 24.3 Å². The highest BCUT2D eigenvalue weighted by molar-refractivity contribution is 8.93. The van der Waals surface area contributed by atoms with Gasteiger partial charge in [-0.1, -0.05) is 36.0 Å².